The first-order valence-electron chi connectivity index (χ1n) is 21.4. The third-order valence-electron chi connectivity index (χ3n) is 12.3. The zero-order chi connectivity index (χ0) is 41.8. The average molecular weight is 798 g/mol. The van der Waals surface area contributed by atoms with Crippen LogP contribution in [-0.2, 0) is 5.41 Å². The minimum Gasteiger partial charge on any atom is -0.294 e. The summed E-state index contributed by atoms with van der Waals surface area (Å²) in [5.74, 6) is 0.931. The molecule has 0 N–H and O–H groups in total. The first-order valence-corrected chi connectivity index (χ1v) is 21.4. The highest BCUT2D eigenvalue weighted by atomic mass is 15.1. The summed E-state index contributed by atoms with van der Waals surface area (Å²) in [4.78, 5) is 4.94. The van der Waals surface area contributed by atoms with Crippen LogP contribution in [0.1, 0.15) is 26.3 Å². The van der Waals surface area contributed by atoms with Gasteiger partial charge in [0, 0.05) is 28.1 Å². The third-order valence-corrected chi connectivity index (χ3v) is 12.3. The van der Waals surface area contributed by atoms with Crippen LogP contribution in [-0.4, -0.2) is 14.1 Å². The van der Waals surface area contributed by atoms with Crippen LogP contribution in [0.2, 0.25) is 0 Å². The summed E-state index contributed by atoms with van der Waals surface area (Å²) in [5.41, 5.74) is 17.4. The van der Waals surface area contributed by atoms with Crippen LogP contribution in [0.5, 0.6) is 0 Å². The molecule has 0 amide bonds. The Bertz CT molecular complexity index is 3380. The second kappa shape index (κ2) is 15.0. The number of hydrogen-bond donors (Lipinski definition) is 0. The van der Waals surface area contributed by atoms with E-state index >= 15 is 0 Å². The lowest BCUT2D eigenvalue weighted by molar-refractivity contribution is -0.566. The van der Waals surface area contributed by atoms with Crippen LogP contribution in [0.4, 0.5) is 0 Å². The fourth-order valence-corrected chi connectivity index (χ4v) is 9.20. The molecule has 0 saturated heterocycles. The Morgan fingerprint density at radius 1 is 0.435 bits per heavy atom. The summed E-state index contributed by atoms with van der Waals surface area (Å²) < 4.78 is 7.04. The average Bonchev–Trinajstić information content (AvgIpc) is 3.88. The summed E-state index contributed by atoms with van der Waals surface area (Å²) in [7, 11) is 0. The van der Waals surface area contributed by atoms with Crippen molar-refractivity contribution >= 4 is 32.8 Å². The molecule has 0 aliphatic heterocycles. The molecule has 11 rings (SSSR count). The number of rotatable bonds is 7. The third kappa shape index (κ3) is 6.40. The van der Waals surface area contributed by atoms with Crippen molar-refractivity contribution in [2.24, 2.45) is 0 Å². The van der Waals surface area contributed by atoms with Gasteiger partial charge < -0.3 is 0 Å². The van der Waals surface area contributed by atoms with Crippen LogP contribution in [0.15, 0.2) is 219 Å². The van der Waals surface area contributed by atoms with E-state index in [1.807, 2.05) is 6.20 Å². The van der Waals surface area contributed by atoms with Crippen molar-refractivity contribution in [1.82, 2.24) is 14.1 Å². The molecule has 0 atom stereocenters. The number of fused-ring (bicyclic) bond motifs is 4. The Balaban J connectivity index is 1.06. The molecule has 4 nitrogen and oxygen atoms in total. The van der Waals surface area contributed by atoms with E-state index in [0.717, 1.165) is 50.4 Å². The number of para-hydroxylation sites is 4. The number of imidazole rings is 1. The first-order chi connectivity index (χ1) is 30.4. The molecule has 0 bridgehead atoms. The molecule has 0 aliphatic carbocycles. The van der Waals surface area contributed by atoms with Crippen molar-refractivity contribution in [2.45, 2.75) is 26.2 Å². The lowest BCUT2D eigenvalue weighted by Gasteiger charge is -2.20. The molecular weight excluding hydrogens is 753 g/mol. The van der Waals surface area contributed by atoms with Gasteiger partial charge in [-0.25, -0.2) is 4.98 Å². The predicted molar refractivity (Wildman–Crippen MR) is 257 cm³/mol. The van der Waals surface area contributed by atoms with E-state index in [9.17, 15) is 0 Å². The van der Waals surface area contributed by atoms with Crippen molar-refractivity contribution in [2.75, 3.05) is 0 Å². The Labute approximate surface area is 362 Å². The maximum atomic E-state index is 4.94. The molecule has 0 aliphatic rings. The maximum absolute atomic E-state index is 4.94. The van der Waals surface area contributed by atoms with E-state index in [4.69, 9.17) is 4.98 Å². The van der Waals surface area contributed by atoms with E-state index in [0.29, 0.717) is 0 Å². The van der Waals surface area contributed by atoms with E-state index < -0.39 is 0 Å². The van der Waals surface area contributed by atoms with Crippen molar-refractivity contribution in [3.63, 3.8) is 0 Å². The summed E-state index contributed by atoms with van der Waals surface area (Å²) >= 11 is 0. The van der Waals surface area contributed by atoms with Crippen LogP contribution in [0.25, 0.3) is 94.5 Å². The molecule has 62 heavy (non-hydrogen) atoms. The maximum Gasteiger partial charge on any atom is 0.255 e. The smallest absolute Gasteiger partial charge is 0.255 e. The molecule has 0 fully saturated rings. The molecular formula is C58H45N4+. The summed E-state index contributed by atoms with van der Waals surface area (Å²) in [6, 6.07) is 74.5. The van der Waals surface area contributed by atoms with Gasteiger partial charge in [0.15, 0.2) is 11.0 Å². The molecule has 11 aromatic rings. The summed E-state index contributed by atoms with van der Waals surface area (Å²) in [6.45, 7) is 6.77. The van der Waals surface area contributed by atoms with Crippen molar-refractivity contribution < 1.29 is 4.57 Å². The van der Waals surface area contributed by atoms with Crippen LogP contribution >= 0.6 is 0 Å². The minimum atomic E-state index is 0.0000338. The molecule has 0 radical (unpaired) electrons. The molecule has 8 aromatic carbocycles. The Morgan fingerprint density at radius 2 is 1.00 bits per heavy atom. The number of benzene rings is 8. The van der Waals surface area contributed by atoms with Gasteiger partial charge in [-0.2, -0.15) is 9.13 Å². The highest BCUT2D eigenvalue weighted by molar-refractivity contribution is 6.10. The minimum absolute atomic E-state index is 0.0000338. The number of hydrogen-bond acceptors (Lipinski definition) is 1. The fourth-order valence-electron chi connectivity index (χ4n) is 9.20. The Kier molecular flexibility index (Phi) is 9.01. The first kappa shape index (κ1) is 37.2. The van der Waals surface area contributed by atoms with Gasteiger partial charge >= 0.3 is 0 Å². The number of pyridine rings is 1. The molecule has 0 spiro atoms. The monoisotopic (exact) mass is 797 g/mol. The molecule has 0 unspecified atom stereocenters. The molecule has 3 heterocycles. The van der Waals surface area contributed by atoms with Crippen molar-refractivity contribution in [3.8, 4) is 61.7 Å². The lowest BCUT2D eigenvalue weighted by Crippen LogP contribution is -2.30. The highest BCUT2D eigenvalue weighted by Crippen LogP contribution is 2.39. The van der Waals surface area contributed by atoms with E-state index in [1.54, 1.807) is 0 Å². The molecule has 0 saturated carbocycles. The van der Waals surface area contributed by atoms with E-state index in [2.05, 4.69) is 247 Å². The van der Waals surface area contributed by atoms with E-state index in [-0.39, 0.29) is 5.41 Å². The fraction of sp³-hybridized carbons (Fsp3) is 0.0690. The topological polar surface area (TPSA) is 26.6 Å². The number of nitrogens with zero attached hydrogens (tertiary/aromatic N) is 4. The Morgan fingerprint density at radius 3 is 1.71 bits per heavy atom. The zero-order valence-electron chi connectivity index (χ0n) is 35.1. The summed E-state index contributed by atoms with van der Waals surface area (Å²) in [5, 5.41) is 2.43. The quantitative estimate of drug-likeness (QED) is 0.148. The largest absolute Gasteiger partial charge is 0.294 e. The van der Waals surface area contributed by atoms with Gasteiger partial charge in [0.2, 0.25) is 0 Å². The van der Waals surface area contributed by atoms with Crippen LogP contribution < -0.4 is 4.57 Å². The Hall–Kier alpha value is -7.82. The highest BCUT2D eigenvalue weighted by Gasteiger charge is 2.25. The van der Waals surface area contributed by atoms with Crippen molar-refractivity contribution in [3.05, 3.63) is 224 Å². The van der Waals surface area contributed by atoms with E-state index in [1.165, 1.54) is 49.7 Å². The summed E-state index contributed by atoms with van der Waals surface area (Å²) in [6.07, 6.45) is 4.21. The molecule has 4 heteroatoms. The molecule has 296 valence electrons. The normalized spacial score (nSPS) is 11.8. The van der Waals surface area contributed by atoms with Crippen LogP contribution in [0.3, 0.4) is 0 Å². The lowest BCUT2D eigenvalue weighted by atomic mass is 9.88. The zero-order valence-corrected chi connectivity index (χ0v) is 35.1. The number of aromatic nitrogens is 4. The van der Waals surface area contributed by atoms with Crippen LogP contribution in [0, 0.1) is 0 Å². The predicted octanol–water partition coefficient (Wildman–Crippen LogP) is 14.4. The van der Waals surface area contributed by atoms with Gasteiger partial charge in [0.05, 0.1) is 11.0 Å². The van der Waals surface area contributed by atoms with Gasteiger partial charge in [-0.1, -0.05) is 178 Å². The van der Waals surface area contributed by atoms with Gasteiger partial charge in [-0.3, -0.25) is 4.57 Å². The second-order valence-corrected chi connectivity index (χ2v) is 17.1. The molecule has 3 aromatic heterocycles. The van der Waals surface area contributed by atoms with Gasteiger partial charge in [-0.05, 0) is 92.9 Å². The standard InChI is InChI=1S/C58H45N4/c1-58(2,3)44-34-35-59-56(38-44)62-52-29-13-12-26-50(52)51-33-32-43(37-55(51)62)47-25-11-10-24-46(47)42-22-16-23-45(36-42)60-39-61(54-31-15-14-30-53(54)60)57-48(40-18-6-4-7-19-40)27-17-28-49(57)41-20-8-5-9-21-41/h4-39H,1-3H3/q+1. The second-order valence-electron chi connectivity index (χ2n) is 17.1. The van der Waals surface area contributed by atoms with Gasteiger partial charge in [0.1, 0.15) is 17.2 Å². The van der Waals surface area contributed by atoms with Gasteiger partial charge in [0.25, 0.3) is 6.33 Å². The SMILES string of the molecule is CC(C)(C)c1ccnc(-n2c3ccccc3c3ccc(-c4ccccc4-c4cccc(-n5c[n+](-c6c(-c7ccccc7)cccc6-c6ccccc6)c6ccccc65)c4)cc32)c1. The van der Waals surface area contributed by atoms with Crippen molar-refractivity contribution in [1.29, 1.82) is 0 Å². The van der Waals surface area contributed by atoms with Gasteiger partial charge in [-0.15, -0.1) is 0 Å².